The number of pyridine rings is 2. The van der Waals surface area contributed by atoms with Crippen LogP contribution in [-0.2, 0) is 0 Å². The number of aromatic nitrogens is 6. The number of fused-ring (bicyclic) bond motifs is 1. The first-order valence-corrected chi connectivity index (χ1v) is 10.3. The van der Waals surface area contributed by atoms with E-state index in [-0.39, 0.29) is 6.10 Å². The van der Waals surface area contributed by atoms with Crippen molar-refractivity contribution in [2.75, 3.05) is 36.0 Å². The third-order valence-electron chi connectivity index (χ3n) is 5.33. The summed E-state index contributed by atoms with van der Waals surface area (Å²) >= 11 is 0. The first-order chi connectivity index (χ1) is 15.1. The first kappa shape index (κ1) is 19.3. The zero-order chi connectivity index (χ0) is 21.4. The zero-order valence-electron chi connectivity index (χ0n) is 17.7. The Morgan fingerprint density at radius 3 is 2.61 bits per heavy atom. The molecule has 1 saturated heterocycles. The van der Waals surface area contributed by atoms with E-state index in [1.165, 1.54) is 0 Å². The van der Waals surface area contributed by atoms with Gasteiger partial charge in [0.15, 0.2) is 5.82 Å². The quantitative estimate of drug-likeness (QED) is 0.521. The van der Waals surface area contributed by atoms with Gasteiger partial charge < -0.3 is 14.5 Å². The fraction of sp³-hybridized carbons (Fsp3) is 0.381. The van der Waals surface area contributed by atoms with Crippen molar-refractivity contribution in [3.63, 3.8) is 0 Å². The van der Waals surface area contributed by atoms with Crippen molar-refractivity contribution in [1.82, 2.24) is 30.5 Å². The SMILES string of the molecule is Cc1nonc1N1CCN(c2cc(-c3n[nH]c4cnc(OC(C)C)cc34)ccn2)CC1. The molecule has 0 aliphatic carbocycles. The fourth-order valence-corrected chi connectivity index (χ4v) is 3.82. The molecule has 0 saturated carbocycles. The summed E-state index contributed by atoms with van der Waals surface area (Å²) in [7, 11) is 0. The molecule has 4 aromatic heterocycles. The van der Waals surface area contributed by atoms with Gasteiger partial charge in [0.05, 0.1) is 17.8 Å². The zero-order valence-corrected chi connectivity index (χ0v) is 17.7. The molecule has 1 aliphatic rings. The number of anilines is 2. The van der Waals surface area contributed by atoms with E-state index >= 15 is 0 Å². The van der Waals surface area contributed by atoms with Crippen LogP contribution in [-0.4, -0.2) is 62.8 Å². The van der Waals surface area contributed by atoms with Crippen LogP contribution < -0.4 is 14.5 Å². The standard InChI is InChI=1S/C21H24N8O2/c1-13(2)30-19-11-16-17(12-23-19)24-25-20(16)15-4-5-22-18(10-15)28-6-8-29(9-7-28)21-14(3)26-31-27-21/h4-5,10-13H,6-9H2,1-3H3,(H,24,25). The molecule has 1 aliphatic heterocycles. The maximum Gasteiger partial charge on any atom is 0.214 e. The third kappa shape index (κ3) is 3.76. The summed E-state index contributed by atoms with van der Waals surface area (Å²) in [5.74, 6) is 2.33. The average Bonchev–Trinajstić information content (AvgIpc) is 3.39. The van der Waals surface area contributed by atoms with E-state index in [9.17, 15) is 0 Å². The fourth-order valence-electron chi connectivity index (χ4n) is 3.82. The number of aromatic amines is 1. The van der Waals surface area contributed by atoms with Crippen molar-refractivity contribution in [2.45, 2.75) is 26.9 Å². The van der Waals surface area contributed by atoms with Gasteiger partial charge in [0.25, 0.3) is 0 Å². The van der Waals surface area contributed by atoms with E-state index in [0.29, 0.717) is 5.88 Å². The predicted molar refractivity (Wildman–Crippen MR) is 116 cm³/mol. The lowest BCUT2D eigenvalue weighted by Crippen LogP contribution is -2.47. The molecular weight excluding hydrogens is 396 g/mol. The van der Waals surface area contributed by atoms with Gasteiger partial charge in [-0.25, -0.2) is 14.6 Å². The molecule has 1 N–H and O–H groups in total. The Labute approximate surface area is 179 Å². The molecule has 31 heavy (non-hydrogen) atoms. The maximum atomic E-state index is 5.76. The van der Waals surface area contributed by atoms with Crippen LogP contribution in [0.15, 0.2) is 35.2 Å². The van der Waals surface area contributed by atoms with Gasteiger partial charge in [0.1, 0.15) is 17.2 Å². The van der Waals surface area contributed by atoms with Crippen LogP contribution in [0.4, 0.5) is 11.6 Å². The molecule has 0 amide bonds. The van der Waals surface area contributed by atoms with E-state index in [1.54, 1.807) is 6.20 Å². The number of hydrogen-bond acceptors (Lipinski definition) is 9. The van der Waals surface area contributed by atoms with Crippen molar-refractivity contribution < 1.29 is 9.37 Å². The average molecular weight is 420 g/mol. The molecule has 0 bridgehead atoms. The van der Waals surface area contributed by atoms with Crippen LogP contribution >= 0.6 is 0 Å². The van der Waals surface area contributed by atoms with Crippen molar-refractivity contribution in [1.29, 1.82) is 0 Å². The van der Waals surface area contributed by atoms with Gasteiger partial charge in [-0.3, -0.25) is 5.10 Å². The Balaban J connectivity index is 1.38. The molecule has 0 aromatic carbocycles. The summed E-state index contributed by atoms with van der Waals surface area (Å²) in [5, 5.41) is 16.5. The van der Waals surface area contributed by atoms with Crippen molar-refractivity contribution in [3.05, 3.63) is 36.3 Å². The van der Waals surface area contributed by atoms with Gasteiger partial charge in [-0.05, 0) is 38.1 Å². The van der Waals surface area contributed by atoms with Gasteiger partial charge in [0.2, 0.25) is 5.88 Å². The van der Waals surface area contributed by atoms with Crippen LogP contribution in [0.25, 0.3) is 22.2 Å². The Morgan fingerprint density at radius 1 is 1.06 bits per heavy atom. The lowest BCUT2D eigenvalue weighted by molar-refractivity contribution is 0.233. The largest absolute Gasteiger partial charge is 0.475 e. The van der Waals surface area contributed by atoms with Crippen LogP contribution in [0, 0.1) is 6.92 Å². The molecule has 5 heterocycles. The van der Waals surface area contributed by atoms with Gasteiger partial charge in [-0.2, -0.15) is 5.10 Å². The minimum Gasteiger partial charge on any atom is -0.475 e. The topological polar surface area (TPSA) is 109 Å². The number of nitrogens with zero attached hydrogens (tertiary/aromatic N) is 7. The summed E-state index contributed by atoms with van der Waals surface area (Å²) in [5.41, 5.74) is 3.54. The van der Waals surface area contributed by atoms with Gasteiger partial charge in [-0.15, -0.1) is 0 Å². The highest BCUT2D eigenvalue weighted by Gasteiger charge is 2.22. The second-order valence-electron chi connectivity index (χ2n) is 7.86. The Kier molecular flexibility index (Phi) is 4.89. The van der Waals surface area contributed by atoms with Crippen molar-refractivity contribution >= 4 is 22.5 Å². The van der Waals surface area contributed by atoms with Crippen LogP contribution in [0.5, 0.6) is 5.88 Å². The number of ether oxygens (including phenoxy) is 1. The maximum absolute atomic E-state index is 5.76. The number of aryl methyl sites for hydroxylation is 1. The summed E-state index contributed by atoms with van der Waals surface area (Å²) in [4.78, 5) is 13.4. The normalized spacial score (nSPS) is 14.6. The third-order valence-corrected chi connectivity index (χ3v) is 5.33. The van der Waals surface area contributed by atoms with Crippen molar-refractivity contribution in [2.24, 2.45) is 0 Å². The van der Waals surface area contributed by atoms with E-state index in [2.05, 4.69) is 46.3 Å². The molecule has 1 fully saturated rings. The highest BCUT2D eigenvalue weighted by atomic mass is 16.6. The van der Waals surface area contributed by atoms with E-state index in [0.717, 1.165) is 65.7 Å². The lowest BCUT2D eigenvalue weighted by atomic mass is 10.1. The molecule has 5 rings (SSSR count). The second-order valence-corrected chi connectivity index (χ2v) is 7.86. The Bertz CT molecular complexity index is 1190. The highest BCUT2D eigenvalue weighted by Crippen LogP contribution is 2.30. The smallest absolute Gasteiger partial charge is 0.214 e. The van der Waals surface area contributed by atoms with Gasteiger partial charge in [0, 0.05) is 49.4 Å². The Morgan fingerprint density at radius 2 is 1.87 bits per heavy atom. The summed E-state index contributed by atoms with van der Waals surface area (Å²) in [6.45, 7) is 9.20. The molecule has 0 atom stereocenters. The molecule has 4 aromatic rings. The number of hydrogen-bond donors (Lipinski definition) is 1. The molecule has 0 unspecified atom stereocenters. The van der Waals surface area contributed by atoms with Crippen LogP contribution in [0.2, 0.25) is 0 Å². The summed E-state index contributed by atoms with van der Waals surface area (Å²) in [6.07, 6.45) is 3.64. The van der Waals surface area contributed by atoms with Gasteiger partial charge >= 0.3 is 0 Å². The molecule has 0 radical (unpaired) electrons. The minimum absolute atomic E-state index is 0.0586. The monoisotopic (exact) mass is 420 g/mol. The number of piperazine rings is 1. The first-order valence-electron chi connectivity index (χ1n) is 10.3. The van der Waals surface area contributed by atoms with Gasteiger partial charge in [-0.1, -0.05) is 5.16 Å². The molecule has 160 valence electrons. The van der Waals surface area contributed by atoms with E-state index in [1.807, 2.05) is 39.1 Å². The predicted octanol–water partition coefficient (Wildman–Crippen LogP) is 2.83. The molecule has 10 nitrogen and oxygen atoms in total. The second kappa shape index (κ2) is 7.86. The number of rotatable bonds is 5. The van der Waals surface area contributed by atoms with E-state index in [4.69, 9.17) is 9.37 Å². The molecular formula is C21H24N8O2. The molecule has 0 spiro atoms. The molecule has 10 heteroatoms. The number of nitrogens with one attached hydrogen (secondary N) is 1. The van der Waals surface area contributed by atoms with E-state index < -0.39 is 0 Å². The van der Waals surface area contributed by atoms with Crippen LogP contribution in [0.1, 0.15) is 19.5 Å². The Hall–Kier alpha value is -3.69. The summed E-state index contributed by atoms with van der Waals surface area (Å²) in [6, 6.07) is 5.99. The highest BCUT2D eigenvalue weighted by molar-refractivity contribution is 5.93. The lowest BCUT2D eigenvalue weighted by Gasteiger charge is -2.35. The van der Waals surface area contributed by atoms with Crippen molar-refractivity contribution in [3.8, 4) is 17.1 Å². The number of H-pyrrole nitrogens is 1. The summed E-state index contributed by atoms with van der Waals surface area (Å²) < 4.78 is 10.6. The van der Waals surface area contributed by atoms with Crippen LogP contribution in [0.3, 0.4) is 0 Å². The minimum atomic E-state index is 0.0586.